The average molecular weight is 325 g/mol. The number of carbonyl (C=O) groups excluding carboxylic acids is 1. The highest BCUT2D eigenvalue weighted by molar-refractivity contribution is 6.31. The van der Waals surface area contributed by atoms with E-state index in [1.54, 1.807) is 30.6 Å². The SMILES string of the molecule is Cc1ccc(-c2cc(C(=O)Nc3cccnc3)ncn2)cc1Cl. The van der Waals surface area contributed by atoms with E-state index in [2.05, 4.69) is 20.3 Å². The number of hydrogen-bond donors (Lipinski definition) is 1. The lowest BCUT2D eigenvalue weighted by atomic mass is 10.1. The zero-order chi connectivity index (χ0) is 16.2. The Kier molecular flexibility index (Phi) is 4.30. The summed E-state index contributed by atoms with van der Waals surface area (Å²) in [5.41, 5.74) is 3.34. The molecule has 0 saturated heterocycles. The van der Waals surface area contributed by atoms with Gasteiger partial charge in [0, 0.05) is 16.8 Å². The quantitative estimate of drug-likeness (QED) is 0.796. The first-order chi connectivity index (χ1) is 11.1. The van der Waals surface area contributed by atoms with Gasteiger partial charge in [-0.2, -0.15) is 0 Å². The van der Waals surface area contributed by atoms with Crippen LogP contribution in [0.3, 0.4) is 0 Å². The summed E-state index contributed by atoms with van der Waals surface area (Å²) >= 11 is 6.14. The van der Waals surface area contributed by atoms with Crippen molar-refractivity contribution in [3.05, 3.63) is 71.4 Å². The Morgan fingerprint density at radius 2 is 2.04 bits per heavy atom. The van der Waals surface area contributed by atoms with Gasteiger partial charge >= 0.3 is 0 Å². The lowest BCUT2D eigenvalue weighted by molar-refractivity contribution is 0.102. The van der Waals surface area contributed by atoms with Gasteiger partial charge in [-0.3, -0.25) is 9.78 Å². The zero-order valence-corrected chi connectivity index (χ0v) is 13.1. The molecule has 3 rings (SSSR count). The van der Waals surface area contributed by atoms with E-state index in [1.807, 2.05) is 25.1 Å². The van der Waals surface area contributed by atoms with Crippen LogP contribution in [0.5, 0.6) is 0 Å². The van der Waals surface area contributed by atoms with Crippen molar-refractivity contribution in [2.24, 2.45) is 0 Å². The van der Waals surface area contributed by atoms with Gasteiger partial charge in [-0.15, -0.1) is 0 Å². The van der Waals surface area contributed by atoms with E-state index in [1.165, 1.54) is 6.33 Å². The average Bonchev–Trinajstić information content (AvgIpc) is 2.58. The molecular formula is C17H13ClN4O. The van der Waals surface area contributed by atoms with Crippen molar-refractivity contribution in [1.82, 2.24) is 15.0 Å². The second-order valence-electron chi connectivity index (χ2n) is 4.95. The fourth-order valence-corrected chi connectivity index (χ4v) is 2.20. The Labute approximate surface area is 138 Å². The number of aryl methyl sites for hydroxylation is 1. The molecule has 0 radical (unpaired) electrons. The van der Waals surface area contributed by atoms with E-state index in [4.69, 9.17) is 11.6 Å². The molecule has 1 N–H and O–H groups in total. The minimum atomic E-state index is -0.320. The van der Waals surface area contributed by atoms with Crippen molar-refractivity contribution in [1.29, 1.82) is 0 Å². The van der Waals surface area contributed by atoms with Crippen LogP contribution in [0.4, 0.5) is 5.69 Å². The number of amides is 1. The third kappa shape index (κ3) is 3.52. The Bertz CT molecular complexity index is 852. The first kappa shape index (κ1) is 15.1. The minimum absolute atomic E-state index is 0.274. The Morgan fingerprint density at radius 1 is 1.17 bits per heavy atom. The van der Waals surface area contributed by atoms with Crippen LogP contribution in [0, 0.1) is 6.92 Å². The summed E-state index contributed by atoms with van der Waals surface area (Å²) in [5.74, 6) is -0.320. The molecule has 6 heteroatoms. The van der Waals surface area contributed by atoms with Gasteiger partial charge in [-0.25, -0.2) is 9.97 Å². The highest BCUT2D eigenvalue weighted by Gasteiger charge is 2.11. The molecule has 1 amide bonds. The Hall–Kier alpha value is -2.79. The molecule has 23 heavy (non-hydrogen) atoms. The number of nitrogens with zero attached hydrogens (tertiary/aromatic N) is 3. The molecule has 0 saturated carbocycles. The molecule has 2 aromatic heterocycles. The van der Waals surface area contributed by atoms with Crippen LogP contribution in [-0.2, 0) is 0 Å². The Morgan fingerprint density at radius 3 is 2.78 bits per heavy atom. The third-order valence-corrected chi connectivity index (χ3v) is 3.69. The monoisotopic (exact) mass is 324 g/mol. The van der Waals surface area contributed by atoms with Crippen LogP contribution in [0.2, 0.25) is 5.02 Å². The topological polar surface area (TPSA) is 67.8 Å². The largest absolute Gasteiger partial charge is 0.319 e. The molecule has 0 aliphatic rings. The fraction of sp³-hybridized carbons (Fsp3) is 0.0588. The summed E-state index contributed by atoms with van der Waals surface area (Å²) in [6, 6.07) is 10.8. The third-order valence-electron chi connectivity index (χ3n) is 3.29. The van der Waals surface area contributed by atoms with E-state index in [9.17, 15) is 4.79 Å². The predicted molar refractivity (Wildman–Crippen MR) is 89.4 cm³/mol. The second-order valence-corrected chi connectivity index (χ2v) is 5.36. The molecule has 1 aromatic carbocycles. The number of pyridine rings is 1. The molecule has 0 atom stereocenters. The number of aromatic nitrogens is 3. The number of carbonyl (C=O) groups is 1. The van der Waals surface area contributed by atoms with E-state index < -0.39 is 0 Å². The van der Waals surface area contributed by atoms with Gasteiger partial charge in [0.1, 0.15) is 12.0 Å². The Balaban J connectivity index is 1.87. The first-order valence-corrected chi connectivity index (χ1v) is 7.31. The lowest BCUT2D eigenvalue weighted by Gasteiger charge is -2.06. The molecule has 2 heterocycles. The van der Waals surface area contributed by atoms with Gasteiger partial charge in [-0.05, 0) is 36.8 Å². The van der Waals surface area contributed by atoms with Gasteiger partial charge in [0.05, 0.1) is 17.6 Å². The van der Waals surface area contributed by atoms with Crippen LogP contribution in [0.25, 0.3) is 11.3 Å². The molecule has 0 bridgehead atoms. The molecule has 114 valence electrons. The van der Waals surface area contributed by atoms with E-state index >= 15 is 0 Å². The van der Waals surface area contributed by atoms with Crippen molar-refractivity contribution in [2.75, 3.05) is 5.32 Å². The second kappa shape index (κ2) is 6.54. The van der Waals surface area contributed by atoms with Crippen LogP contribution in [-0.4, -0.2) is 20.9 Å². The fourth-order valence-electron chi connectivity index (χ4n) is 2.02. The van der Waals surface area contributed by atoms with Crippen molar-refractivity contribution in [3.8, 4) is 11.3 Å². The summed E-state index contributed by atoms with van der Waals surface area (Å²) in [7, 11) is 0. The van der Waals surface area contributed by atoms with Gasteiger partial charge < -0.3 is 5.32 Å². The smallest absolute Gasteiger partial charge is 0.274 e. The molecular weight excluding hydrogens is 312 g/mol. The van der Waals surface area contributed by atoms with Crippen LogP contribution >= 0.6 is 11.6 Å². The van der Waals surface area contributed by atoms with Crippen LogP contribution in [0.15, 0.2) is 55.1 Å². The number of hydrogen-bond acceptors (Lipinski definition) is 4. The van der Waals surface area contributed by atoms with Gasteiger partial charge in [0.2, 0.25) is 0 Å². The summed E-state index contributed by atoms with van der Waals surface area (Å²) in [6.07, 6.45) is 4.57. The lowest BCUT2D eigenvalue weighted by Crippen LogP contribution is -2.14. The maximum atomic E-state index is 12.3. The van der Waals surface area contributed by atoms with Crippen LogP contribution in [0.1, 0.15) is 16.1 Å². The number of benzene rings is 1. The summed E-state index contributed by atoms with van der Waals surface area (Å²) in [5, 5.41) is 3.39. The van der Waals surface area contributed by atoms with Crippen molar-refractivity contribution in [3.63, 3.8) is 0 Å². The van der Waals surface area contributed by atoms with Crippen molar-refractivity contribution in [2.45, 2.75) is 6.92 Å². The normalized spacial score (nSPS) is 10.3. The van der Waals surface area contributed by atoms with Gasteiger partial charge in [0.15, 0.2) is 0 Å². The molecule has 0 spiro atoms. The minimum Gasteiger partial charge on any atom is -0.319 e. The summed E-state index contributed by atoms with van der Waals surface area (Å²) < 4.78 is 0. The molecule has 3 aromatic rings. The maximum Gasteiger partial charge on any atom is 0.274 e. The molecule has 0 fully saturated rings. The number of nitrogens with one attached hydrogen (secondary N) is 1. The van der Waals surface area contributed by atoms with Gasteiger partial charge in [0.25, 0.3) is 5.91 Å². The number of halogens is 1. The van der Waals surface area contributed by atoms with Crippen molar-refractivity contribution >= 4 is 23.2 Å². The molecule has 0 aliphatic heterocycles. The highest BCUT2D eigenvalue weighted by Crippen LogP contribution is 2.24. The van der Waals surface area contributed by atoms with E-state index in [-0.39, 0.29) is 11.6 Å². The summed E-state index contributed by atoms with van der Waals surface area (Å²) in [6.45, 7) is 1.93. The number of anilines is 1. The predicted octanol–water partition coefficient (Wildman–Crippen LogP) is 3.75. The highest BCUT2D eigenvalue weighted by atomic mass is 35.5. The van der Waals surface area contributed by atoms with E-state index in [0.717, 1.165) is 11.1 Å². The summed E-state index contributed by atoms with van der Waals surface area (Å²) in [4.78, 5) is 24.4. The van der Waals surface area contributed by atoms with Crippen molar-refractivity contribution < 1.29 is 4.79 Å². The first-order valence-electron chi connectivity index (χ1n) is 6.93. The van der Waals surface area contributed by atoms with E-state index in [0.29, 0.717) is 16.4 Å². The molecule has 5 nitrogen and oxygen atoms in total. The standard InChI is InChI=1S/C17H13ClN4O/c1-11-4-5-12(7-14(11)18)15-8-16(21-10-20-15)17(23)22-13-3-2-6-19-9-13/h2-10H,1H3,(H,22,23). The maximum absolute atomic E-state index is 12.3. The molecule has 0 aliphatic carbocycles. The van der Waals surface area contributed by atoms with Crippen LogP contribution < -0.4 is 5.32 Å². The molecule has 0 unspecified atom stereocenters. The number of rotatable bonds is 3. The zero-order valence-electron chi connectivity index (χ0n) is 12.3. The van der Waals surface area contributed by atoms with Gasteiger partial charge in [-0.1, -0.05) is 23.7 Å².